The highest BCUT2D eigenvalue weighted by molar-refractivity contribution is 5.97. The van der Waals surface area contributed by atoms with Gasteiger partial charge in [0.05, 0.1) is 17.2 Å². The van der Waals surface area contributed by atoms with Gasteiger partial charge in [-0.05, 0) is 29.8 Å². The molecule has 104 valence electrons. The minimum absolute atomic E-state index is 0.233. The fourth-order valence-corrected chi connectivity index (χ4v) is 2.23. The second kappa shape index (κ2) is 4.56. The molecule has 1 aromatic rings. The van der Waals surface area contributed by atoms with E-state index in [0.29, 0.717) is 0 Å². The van der Waals surface area contributed by atoms with Gasteiger partial charge >= 0.3 is 12.1 Å². The van der Waals surface area contributed by atoms with E-state index < -0.39 is 23.8 Å². The number of rotatable bonds is 1. The number of alkyl halides is 3. The summed E-state index contributed by atoms with van der Waals surface area (Å²) in [6.45, 7) is 0. The van der Waals surface area contributed by atoms with Gasteiger partial charge in [-0.15, -0.1) is 0 Å². The minimum atomic E-state index is -4.70. The molecule has 4 nitrogen and oxygen atoms in total. The number of halogens is 3. The van der Waals surface area contributed by atoms with Gasteiger partial charge in [0.25, 0.3) is 0 Å². The van der Waals surface area contributed by atoms with Crippen LogP contribution in [0.1, 0.15) is 11.1 Å². The Labute approximate surface area is 112 Å². The molecular weight excluding hydrogens is 273 g/mol. The van der Waals surface area contributed by atoms with E-state index in [1.807, 2.05) is 6.07 Å². The summed E-state index contributed by atoms with van der Waals surface area (Å²) in [5.74, 6) is -1.63. The molecule has 0 amide bonds. The van der Waals surface area contributed by atoms with Gasteiger partial charge < -0.3 is 10.0 Å². The van der Waals surface area contributed by atoms with E-state index in [4.69, 9.17) is 10.4 Å². The summed E-state index contributed by atoms with van der Waals surface area (Å²) in [6.07, 6.45) is -3.73. The monoisotopic (exact) mass is 282 g/mol. The van der Waals surface area contributed by atoms with Crippen LogP contribution < -0.4 is 4.90 Å². The molecule has 0 spiro atoms. The van der Waals surface area contributed by atoms with E-state index in [0.717, 1.165) is 11.0 Å². The number of hydrogen-bond acceptors (Lipinski definition) is 3. The van der Waals surface area contributed by atoms with Gasteiger partial charge in [-0.3, -0.25) is 0 Å². The maximum atomic E-state index is 13.0. The van der Waals surface area contributed by atoms with Gasteiger partial charge in [-0.25, -0.2) is 4.79 Å². The number of likely N-dealkylation sites (N-methyl/N-ethyl adjacent to an activating group) is 1. The number of carboxylic acid groups (broad SMARTS) is 1. The van der Waals surface area contributed by atoms with Crippen molar-refractivity contribution in [3.8, 4) is 6.07 Å². The first-order chi connectivity index (χ1) is 9.25. The highest BCUT2D eigenvalue weighted by Crippen LogP contribution is 2.39. The first-order valence-corrected chi connectivity index (χ1v) is 5.54. The van der Waals surface area contributed by atoms with Crippen LogP contribution in [-0.2, 0) is 4.79 Å². The molecule has 1 unspecified atom stereocenters. The van der Waals surface area contributed by atoms with Crippen molar-refractivity contribution in [3.05, 3.63) is 34.9 Å². The number of hydrogen-bond donors (Lipinski definition) is 1. The molecule has 1 aliphatic rings. The fourth-order valence-electron chi connectivity index (χ4n) is 2.23. The third-order valence-electron chi connectivity index (χ3n) is 3.09. The number of benzene rings is 1. The number of aliphatic carboxylic acids is 1. The first-order valence-electron chi connectivity index (χ1n) is 5.54. The highest BCUT2D eigenvalue weighted by Gasteiger charge is 2.49. The van der Waals surface area contributed by atoms with Crippen molar-refractivity contribution in [2.24, 2.45) is 0 Å². The molecule has 1 N–H and O–H groups in total. The van der Waals surface area contributed by atoms with Crippen LogP contribution in [0.2, 0.25) is 0 Å². The number of fused-ring (bicyclic) bond motifs is 1. The SMILES string of the molecule is CN1c2ccc(C#N)cc2C=C(C(=O)O)C1C(F)(F)F. The zero-order valence-electron chi connectivity index (χ0n) is 10.3. The van der Waals surface area contributed by atoms with Crippen LogP contribution in [0.3, 0.4) is 0 Å². The van der Waals surface area contributed by atoms with E-state index in [1.54, 1.807) is 0 Å². The maximum Gasteiger partial charge on any atom is 0.413 e. The number of anilines is 1. The zero-order chi connectivity index (χ0) is 15.1. The Morgan fingerprint density at radius 2 is 2.10 bits per heavy atom. The number of nitrogens with zero attached hydrogens (tertiary/aromatic N) is 2. The van der Waals surface area contributed by atoms with Crippen molar-refractivity contribution in [1.29, 1.82) is 5.26 Å². The average molecular weight is 282 g/mol. The minimum Gasteiger partial charge on any atom is -0.478 e. The van der Waals surface area contributed by atoms with Crippen LogP contribution in [0.15, 0.2) is 23.8 Å². The van der Waals surface area contributed by atoms with E-state index >= 15 is 0 Å². The number of carbonyl (C=O) groups is 1. The van der Waals surface area contributed by atoms with Crippen molar-refractivity contribution in [2.45, 2.75) is 12.2 Å². The Bertz CT molecular complexity index is 644. The van der Waals surface area contributed by atoms with E-state index in [-0.39, 0.29) is 16.8 Å². The summed E-state index contributed by atoms with van der Waals surface area (Å²) in [7, 11) is 1.18. The van der Waals surface area contributed by atoms with Gasteiger partial charge in [0.15, 0.2) is 6.04 Å². The largest absolute Gasteiger partial charge is 0.478 e. The Kier molecular flexibility index (Phi) is 3.18. The second-order valence-electron chi connectivity index (χ2n) is 4.35. The summed E-state index contributed by atoms with van der Waals surface area (Å²) >= 11 is 0. The van der Waals surface area contributed by atoms with Crippen LogP contribution in [0.25, 0.3) is 6.08 Å². The third-order valence-corrected chi connectivity index (χ3v) is 3.09. The lowest BCUT2D eigenvalue weighted by Crippen LogP contribution is -2.48. The van der Waals surface area contributed by atoms with E-state index in [1.165, 1.54) is 25.2 Å². The molecule has 7 heteroatoms. The van der Waals surface area contributed by atoms with Crippen LogP contribution >= 0.6 is 0 Å². The summed E-state index contributed by atoms with van der Waals surface area (Å²) in [4.78, 5) is 11.9. The Balaban J connectivity index is 2.65. The van der Waals surface area contributed by atoms with Crippen LogP contribution in [-0.4, -0.2) is 30.3 Å². The van der Waals surface area contributed by atoms with E-state index in [2.05, 4.69) is 0 Å². The van der Waals surface area contributed by atoms with Crippen molar-refractivity contribution in [2.75, 3.05) is 11.9 Å². The van der Waals surface area contributed by atoms with Gasteiger partial charge in [0.2, 0.25) is 0 Å². The fraction of sp³-hybridized carbons (Fsp3) is 0.231. The predicted molar refractivity (Wildman–Crippen MR) is 65.0 cm³/mol. The lowest BCUT2D eigenvalue weighted by atomic mass is 9.94. The Morgan fingerprint density at radius 1 is 1.45 bits per heavy atom. The first kappa shape index (κ1) is 13.9. The molecule has 0 saturated carbocycles. The van der Waals surface area contributed by atoms with Crippen molar-refractivity contribution in [1.82, 2.24) is 0 Å². The van der Waals surface area contributed by atoms with Crippen molar-refractivity contribution < 1.29 is 23.1 Å². The highest BCUT2D eigenvalue weighted by atomic mass is 19.4. The third kappa shape index (κ3) is 2.20. The molecule has 0 bridgehead atoms. The summed E-state index contributed by atoms with van der Waals surface area (Å²) < 4.78 is 39.1. The van der Waals surface area contributed by atoms with Crippen molar-refractivity contribution >= 4 is 17.7 Å². The maximum absolute atomic E-state index is 13.0. The molecule has 1 heterocycles. The second-order valence-corrected chi connectivity index (χ2v) is 4.35. The summed E-state index contributed by atoms with van der Waals surface area (Å²) in [5.41, 5.74) is 0.00645. The van der Waals surface area contributed by atoms with Gasteiger partial charge in [0.1, 0.15) is 0 Å². The molecule has 2 rings (SSSR count). The normalized spacial score (nSPS) is 18.1. The van der Waals surface area contributed by atoms with Crippen LogP contribution in [0.4, 0.5) is 18.9 Å². The molecule has 20 heavy (non-hydrogen) atoms. The van der Waals surface area contributed by atoms with Crippen molar-refractivity contribution in [3.63, 3.8) is 0 Å². The van der Waals surface area contributed by atoms with E-state index in [9.17, 15) is 18.0 Å². The lowest BCUT2D eigenvalue weighted by molar-refractivity contribution is -0.150. The average Bonchev–Trinajstić information content (AvgIpc) is 2.36. The molecule has 0 radical (unpaired) electrons. The van der Waals surface area contributed by atoms with Gasteiger partial charge in [0, 0.05) is 12.7 Å². The molecule has 0 saturated heterocycles. The molecule has 0 aromatic heterocycles. The van der Waals surface area contributed by atoms with Crippen LogP contribution in [0.5, 0.6) is 0 Å². The van der Waals surface area contributed by atoms with Gasteiger partial charge in [-0.1, -0.05) is 0 Å². The lowest BCUT2D eigenvalue weighted by Gasteiger charge is -2.36. The molecule has 1 atom stereocenters. The molecule has 0 fully saturated rings. The van der Waals surface area contributed by atoms with Crippen LogP contribution in [0, 0.1) is 11.3 Å². The quantitative estimate of drug-likeness (QED) is 0.859. The number of nitriles is 1. The number of carboxylic acids is 1. The molecule has 1 aromatic carbocycles. The molecule has 1 aliphatic heterocycles. The molecule has 0 aliphatic carbocycles. The smallest absolute Gasteiger partial charge is 0.413 e. The standard InChI is InChI=1S/C13H9F3N2O2/c1-18-10-3-2-7(6-17)4-8(10)5-9(12(19)20)11(18)13(14,15)16/h2-5,11H,1H3,(H,19,20). The summed E-state index contributed by atoms with van der Waals surface area (Å²) in [5, 5.41) is 17.8. The topological polar surface area (TPSA) is 64.3 Å². The zero-order valence-corrected chi connectivity index (χ0v) is 10.3. The van der Waals surface area contributed by atoms with Gasteiger partial charge in [-0.2, -0.15) is 18.4 Å². The summed E-state index contributed by atoms with van der Waals surface area (Å²) in [6, 6.07) is 3.78. The Hall–Kier alpha value is -2.49. The Morgan fingerprint density at radius 3 is 2.60 bits per heavy atom. The predicted octanol–water partition coefficient (Wildman–Crippen LogP) is 2.41. The molecular formula is C13H9F3N2O2.